The number of carbonyl (C=O) groups is 1. The zero-order valence-electron chi connectivity index (χ0n) is 14.8. The fourth-order valence-electron chi connectivity index (χ4n) is 3.08. The van der Waals surface area contributed by atoms with Crippen LogP contribution in [0.15, 0.2) is 30.3 Å². The number of morpholine rings is 1. The third-order valence-corrected chi connectivity index (χ3v) is 4.44. The Labute approximate surface area is 144 Å². The van der Waals surface area contributed by atoms with Crippen molar-refractivity contribution in [1.82, 2.24) is 9.80 Å². The molecule has 1 aliphatic heterocycles. The second-order valence-electron chi connectivity index (χ2n) is 6.46. The van der Waals surface area contributed by atoms with Gasteiger partial charge < -0.3 is 9.64 Å². The molecule has 1 aliphatic rings. The smallest absolute Gasteiger partial charge is 0.236 e. The van der Waals surface area contributed by atoms with Gasteiger partial charge in [0.1, 0.15) is 0 Å². The van der Waals surface area contributed by atoms with Crippen molar-refractivity contribution in [2.75, 3.05) is 32.8 Å². The van der Waals surface area contributed by atoms with Crippen LogP contribution in [0, 0.1) is 17.2 Å². The van der Waals surface area contributed by atoms with E-state index in [2.05, 4.69) is 23.1 Å². The van der Waals surface area contributed by atoms with Gasteiger partial charge in [-0.3, -0.25) is 9.69 Å². The summed E-state index contributed by atoms with van der Waals surface area (Å²) in [5.74, 6) is -0.0722. The maximum Gasteiger partial charge on any atom is 0.236 e. The molecule has 130 valence electrons. The number of nitriles is 1. The summed E-state index contributed by atoms with van der Waals surface area (Å²) >= 11 is 0. The van der Waals surface area contributed by atoms with E-state index in [0.29, 0.717) is 26.2 Å². The Hall–Kier alpha value is -1.90. The maximum absolute atomic E-state index is 12.7. The van der Waals surface area contributed by atoms with Crippen molar-refractivity contribution in [2.45, 2.75) is 32.9 Å². The number of amides is 1. The molecule has 5 heteroatoms. The summed E-state index contributed by atoms with van der Waals surface area (Å²) in [6, 6.07) is 12.5. The number of benzene rings is 1. The van der Waals surface area contributed by atoms with E-state index in [1.165, 1.54) is 5.56 Å². The number of rotatable bonds is 6. The van der Waals surface area contributed by atoms with Gasteiger partial charge in [0.25, 0.3) is 0 Å². The van der Waals surface area contributed by atoms with Gasteiger partial charge in [-0.1, -0.05) is 30.3 Å². The molecule has 0 spiro atoms. The average Bonchev–Trinajstić information content (AvgIpc) is 2.60. The molecule has 1 aromatic carbocycles. The van der Waals surface area contributed by atoms with Gasteiger partial charge in [0.15, 0.2) is 0 Å². The first kappa shape index (κ1) is 18.4. The van der Waals surface area contributed by atoms with Crippen LogP contribution in [0.25, 0.3) is 0 Å². The molecule has 0 radical (unpaired) electrons. The molecule has 1 amide bonds. The number of hydrogen-bond acceptors (Lipinski definition) is 4. The molecule has 1 aromatic rings. The summed E-state index contributed by atoms with van der Waals surface area (Å²) in [5.41, 5.74) is 1.17. The second kappa shape index (κ2) is 8.81. The second-order valence-corrected chi connectivity index (χ2v) is 6.46. The number of likely N-dealkylation sites (N-methyl/N-ethyl adjacent to an activating group) is 1. The van der Waals surface area contributed by atoms with Gasteiger partial charge in [0, 0.05) is 19.6 Å². The molecule has 1 heterocycles. The lowest BCUT2D eigenvalue weighted by Crippen LogP contribution is -2.49. The molecule has 2 rings (SSSR count). The molecule has 0 bridgehead atoms. The molecule has 1 saturated heterocycles. The topological polar surface area (TPSA) is 56.6 Å². The van der Waals surface area contributed by atoms with Crippen molar-refractivity contribution in [1.29, 1.82) is 5.26 Å². The van der Waals surface area contributed by atoms with Crippen molar-refractivity contribution >= 4 is 5.91 Å². The van der Waals surface area contributed by atoms with Crippen LogP contribution in [0.4, 0.5) is 0 Å². The van der Waals surface area contributed by atoms with Gasteiger partial charge in [0.2, 0.25) is 5.91 Å². The number of carbonyl (C=O) groups excluding carboxylic acids is 1. The molecule has 3 atom stereocenters. The van der Waals surface area contributed by atoms with Crippen LogP contribution in [-0.2, 0) is 9.53 Å². The Bertz CT molecular complexity index is 570. The molecule has 0 saturated carbocycles. The normalized spacial score (nSPS) is 22.6. The quantitative estimate of drug-likeness (QED) is 0.804. The van der Waals surface area contributed by atoms with E-state index in [1.54, 1.807) is 4.90 Å². The predicted molar refractivity (Wildman–Crippen MR) is 93.2 cm³/mol. The molecule has 1 fully saturated rings. The molecule has 0 aliphatic carbocycles. The van der Waals surface area contributed by atoms with Crippen molar-refractivity contribution in [3.8, 4) is 6.07 Å². The van der Waals surface area contributed by atoms with Gasteiger partial charge in [-0.15, -0.1) is 0 Å². The third-order valence-electron chi connectivity index (χ3n) is 4.44. The Morgan fingerprint density at radius 2 is 2.17 bits per heavy atom. The summed E-state index contributed by atoms with van der Waals surface area (Å²) < 4.78 is 5.82. The minimum Gasteiger partial charge on any atom is -0.375 e. The first-order valence-corrected chi connectivity index (χ1v) is 8.63. The van der Waals surface area contributed by atoms with Crippen molar-refractivity contribution in [2.24, 2.45) is 5.92 Å². The lowest BCUT2D eigenvalue weighted by Gasteiger charge is -2.39. The summed E-state index contributed by atoms with van der Waals surface area (Å²) in [7, 11) is 0. The van der Waals surface area contributed by atoms with Crippen molar-refractivity contribution in [3.63, 3.8) is 0 Å². The molecule has 0 aromatic heterocycles. The largest absolute Gasteiger partial charge is 0.375 e. The van der Waals surface area contributed by atoms with Gasteiger partial charge in [-0.05, 0) is 26.3 Å². The summed E-state index contributed by atoms with van der Waals surface area (Å²) in [5, 5.41) is 8.99. The Kier molecular flexibility index (Phi) is 6.77. The SMILES string of the molecule is CCN(C[C@H](C)C#N)C(=O)CN1C[C@H](C)OC[C@H]1c1ccccc1. The van der Waals surface area contributed by atoms with Gasteiger partial charge in [-0.2, -0.15) is 5.26 Å². The molecule has 24 heavy (non-hydrogen) atoms. The fourth-order valence-corrected chi connectivity index (χ4v) is 3.08. The minimum absolute atomic E-state index is 0.0784. The lowest BCUT2D eigenvalue weighted by molar-refractivity contribution is -0.136. The maximum atomic E-state index is 12.7. The highest BCUT2D eigenvalue weighted by Crippen LogP contribution is 2.26. The highest BCUT2D eigenvalue weighted by atomic mass is 16.5. The van der Waals surface area contributed by atoms with Gasteiger partial charge in [0.05, 0.1) is 37.3 Å². The third kappa shape index (κ3) is 4.80. The van der Waals surface area contributed by atoms with Crippen LogP contribution in [0.5, 0.6) is 0 Å². The Balaban J connectivity index is 2.08. The van der Waals surface area contributed by atoms with Crippen molar-refractivity contribution < 1.29 is 9.53 Å². The van der Waals surface area contributed by atoms with E-state index in [4.69, 9.17) is 10.00 Å². The predicted octanol–water partition coefficient (Wildman–Crippen LogP) is 2.46. The van der Waals surface area contributed by atoms with Gasteiger partial charge >= 0.3 is 0 Å². The first-order chi connectivity index (χ1) is 11.5. The Morgan fingerprint density at radius 3 is 2.79 bits per heavy atom. The molecular weight excluding hydrogens is 302 g/mol. The average molecular weight is 329 g/mol. The zero-order valence-corrected chi connectivity index (χ0v) is 14.8. The van der Waals surface area contributed by atoms with Crippen LogP contribution in [-0.4, -0.2) is 54.6 Å². The van der Waals surface area contributed by atoms with Crippen LogP contribution in [0.1, 0.15) is 32.4 Å². The van der Waals surface area contributed by atoms with E-state index < -0.39 is 0 Å². The Morgan fingerprint density at radius 1 is 1.46 bits per heavy atom. The number of ether oxygens (including phenoxy) is 1. The fraction of sp³-hybridized carbons (Fsp3) is 0.579. The van der Waals surface area contributed by atoms with Crippen LogP contribution in [0.3, 0.4) is 0 Å². The van der Waals surface area contributed by atoms with Crippen LogP contribution >= 0.6 is 0 Å². The summed E-state index contributed by atoms with van der Waals surface area (Å²) in [6.45, 7) is 8.64. The zero-order chi connectivity index (χ0) is 17.5. The molecule has 5 nitrogen and oxygen atoms in total. The lowest BCUT2D eigenvalue weighted by atomic mass is 10.0. The van der Waals surface area contributed by atoms with Gasteiger partial charge in [-0.25, -0.2) is 0 Å². The number of nitrogens with zero attached hydrogens (tertiary/aromatic N) is 3. The highest BCUT2D eigenvalue weighted by Gasteiger charge is 2.30. The highest BCUT2D eigenvalue weighted by molar-refractivity contribution is 5.78. The van der Waals surface area contributed by atoms with Crippen LogP contribution in [0.2, 0.25) is 0 Å². The minimum atomic E-state index is -0.151. The molecule has 0 N–H and O–H groups in total. The van der Waals surface area contributed by atoms with E-state index in [1.807, 2.05) is 39.0 Å². The van der Waals surface area contributed by atoms with E-state index in [-0.39, 0.29) is 24.0 Å². The summed E-state index contributed by atoms with van der Waals surface area (Å²) in [4.78, 5) is 16.7. The van der Waals surface area contributed by atoms with Crippen LogP contribution < -0.4 is 0 Å². The van der Waals surface area contributed by atoms with E-state index >= 15 is 0 Å². The van der Waals surface area contributed by atoms with E-state index in [9.17, 15) is 4.79 Å². The first-order valence-electron chi connectivity index (χ1n) is 8.63. The summed E-state index contributed by atoms with van der Waals surface area (Å²) in [6.07, 6.45) is 0.117. The molecule has 0 unspecified atom stereocenters. The monoisotopic (exact) mass is 329 g/mol. The number of hydrogen-bond donors (Lipinski definition) is 0. The van der Waals surface area contributed by atoms with Crippen molar-refractivity contribution in [3.05, 3.63) is 35.9 Å². The molecular formula is C19H27N3O2. The standard InChI is InChI=1S/C19H27N3O2/c1-4-21(11-15(2)10-20)19(23)13-22-12-16(3)24-14-18(22)17-8-6-5-7-9-17/h5-9,15-16,18H,4,11-14H2,1-3H3/t15-,16+,18+/m1/s1. The van der Waals surface area contributed by atoms with E-state index in [0.717, 1.165) is 6.54 Å².